The minimum absolute atomic E-state index is 0.118. The fraction of sp³-hybridized carbons (Fsp3) is 0.833. The second kappa shape index (κ2) is 4.92. The molecule has 3 heteroatoms. The van der Waals surface area contributed by atoms with Gasteiger partial charge in [-0.2, -0.15) is 0 Å². The van der Waals surface area contributed by atoms with E-state index in [0.717, 1.165) is 38.6 Å². The highest BCUT2D eigenvalue weighted by molar-refractivity contribution is 5.91. The molecule has 0 aromatic rings. The minimum atomic E-state index is -0.120. The maximum Gasteiger partial charge on any atom is 0.155 e. The monoisotopic (exact) mass is 289 g/mol. The van der Waals surface area contributed by atoms with E-state index in [-0.39, 0.29) is 11.5 Å². The third-order valence-corrected chi connectivity index (χ3v) is 7.18. The smallest absolute Gasteiger partial charge is 0.155 e. The van der Waals surface area contributed by atoms with Gasteiger partial charge in [-0.1, -0.05) is 12.5 Å². The number of hydrogen-bond donors (Lipinski definition) is 2. The Kier molecular flexibility index (Phi) is 3.27. The van der Waals surface area contributed by atoms with Crippen LogP contribution < -0.4 is 5.32 Å². The maximum atomic E-state index is 11.7. The molecular weight excluding hydrogens is 262 g/mol. The topological polar surface area (TPSA) is 49.3 Å². The average Bonchev–Trinajstić information content (AvgIpc) is 2.84. The minimum Gasteiger partial charge on any atom is -0.392 e. The first kappa shape index (κ1) is 14.0. The summed E-state index contributed by atoms with van der Waals surface area (Å²) in [5, 5.41) is 14.4. The van der Waals surface area contributed by atoms with Gasteiger partial charge in [-0.15, -0.1) is 0 Å². The van der Waals surface area contributed by atoms with E-state index >= 15 is 0 Å². The van der Waals surface area contributed by atoms with Crippen LogP contribution >= 0.6 is 0 Å². The molecule has 1 saturated heterocycles. The number of piperidine rings is 1. The summed E-state index contributed by atoms with van der Waals surface area (Å²) < 4.78 is 0. The summed E-state index contributed by atoms with van der Waals surface area (Å²) in [6.45, 7) is 3.21. The Hall–Kier alpha value is -0.670. The standard InChI is InChI=1S/C18H27NO2/c1-2-18-10-19-17-13-6-4-12(20)9-11(13)3-5-14(17)15(18)7-8-16(18)21/h9,13-17,19,21H,2-8,10H2,1H3. The van der Waals surface area contributed by atoms with Crippen LogP contribution in [-0.2, 0) is 4.79 Å². The molecule has 6 atom stereocenters. The molecule has 116 valence electrons. The lowest BCUT2D eigenvalue weighted by Crippen LogP contribution is -2.61. The van der Waals surface area contributed by atoms with E-state index in [4.69, 9.17) is 0 Å². The Morgan fingerprint density at radius 1 is 1.29 bits per heavy atom. The van der Waals surface area contributed by atoms with Gasteiger partial charge in [0, 0.05) is 24.4 Å². The first-order valence-corrected chi connectivity index (χ1v) is 8.80. The molecule has 6 unspecified atom stereocenters. The van der Waals surface area contributed by atoms with Gasteiger partial charge in [-0.3, -0.25) is 4.79 Å². The van der Waals surface area contributed by atoms with E-state index in [9.17, 15) is 9.90 Å². The van der Waals surface area contributed by atoms with Gasteiger partial charge in [0.1, 0.15) is 0 Å². The second-order valence-corrected chi connectivity index (χ2v) is 7.73. The van der Waals surface area contributed by atoms with Gasteiger partial charge in [0.15, 0.2) is 5.78 Å². The maximum absolute atomic E-state index is 11.7. The van der Waals surface area contributed by atoms with E-state index in [1.165, 1.54) is 18.4 Å². The molecule has 3 nitrogen and oxygen atoms in total. The zero-order valence-corrected chi connectivity index (χ0v) is 13.0. The number of nitrogens with one attached hydrogen (secondary N) is 1. The molecule has 21 heavy (non-hydrogen) atoms. The van der Waals surface area contributed by atoms with Gasteiger partial charge in [0.2, 0.25) is 0 Å². The highest BCUT2D eigenvalue weighted by Crippen LogP contribution is 2.56. The van der Waals surface area contributed by atoms with E-state index < -0.39 is 0 Å². The lowest BCUT2D eigenvalue weighted by Gasteiger charge is -2.54. The summed E-state index contributed by atoms with van der Waals surface area (Å²) in [6, 6.07) is 0.549. The Bertz CT molecular complexity index is 486. The number of aliphatic hydroxyl groups is 1. The van der Waals surface area contributed by atoms with Crippen molar-refractivity contribution in [1.82, 2.24) is 5.32 Å². The molecule has 0 aromatic heterocycles. The second-order valence-electron chi connectivity index (χ2n) is 7.73. The predicted octanol–water partition coefficient (Wildman–Crippen LogP) is 2.44. The summed E-state index contributed by atoms with van der Waals surface area (Å²) in [6.07, 6.45) is 9.15. The quantitative estimate of drug-likeness (QED) is 0.779. The number of allylic oxidation sites excluding steroid dienone is 1. The number of carbonyl (C=O) groups is 1. The molecule has 0 spiro atoms. The third-order valence-electron chi connectivity index (χ3n) is 7.18. The zero-order valence-electron chi connectivity index (χ0n) is 13.0. The summed E-state index contributed by atoms with van der Waals surface area (Å²) in [5.41, 5.74) is 1.52. The van der Waals surface area contributed by atoms with Crippen molar-refractivity contribution >= 4 is 5.78 Å². The lowest BCUT2D eigenvalue weighted by molar-refractivity contribution is -0.115. The Morgan fingerprint density at radius 3 is 2.95 bits per heavy atom. The molecule has 3 fully saturated rings. The van der Waals surface area contributed by atoms with Gasteiger partial charge in [0.05, 0.1) is 6.10 Å². The van der Waals surface area contributed by atoms with Crippen LogP contribution in [0.3, 0.4) is 0 Å². The number of hydrogen-bond acceptors (Lipinski definition) is 3. The molecule has 0 bridgehead atoms. The molecule has 2 saturated carbocycles. The fourth-order valence-corrected chi connectivity index (χ4v) is 6.07. The molecule has 1 heterocycles. The van der Waals surface area contributed by atoms with E-state index in [0.29, 0.717) is 29.6 Å². The van der Waals surface area contributed by atoms with Crippen molar-refractivity contribution in [3.63, 3.8) is 0 Å². The van der Waals surface area contributed by atoms with Crippen LogP contribution in [0.15, 0.2) is 11.6 Å². The number of carbonyl (C=O) groups excluding carboxylic acids is 1. The number of rotatable bonds is 1. The molecule has 0 aromatic carbocycles. The van der Waals surface area contributed by atoms with Gasteiger partial charge in [-0.25, -0.2) is 0 Å². The van der Waals surface area contributed by atoms with Crippen molar-refractivity contribution in [2.75, 3.05) is 6.54 Å². The van der Waals surface area contributed by atoms with Crippen molar-refractivity contribution in [2.45, 2.75) is 64.0 Å². The molecule has 0 amide bonds. The van der Waals surface area contributed by atoms with Crippen molar-refractivity contribution in [3.05, 3.63) is 11.6 Å². The van der Waals surface area contributed by atoms with Crippen LogP contribution in [0.5, 0.6) is 0 Å². The largest absolute Gasteiger partial charge is 0.392 e. The van der Waals surface area contributed by atoms with Crippen LogP contribution in [0, 0.1) is 23.2 Å². The molecule has 3 aliphatic carbocycles. The van der Waals surface area contributed by atoms with E-state index in [2.05, 4.69) is 12.2 Å². The van der Waals surface area contributed by atoms with Gasteiger partial charge in [-0.05, 0) is 62.4 Å². The first-order valence-electron chi connectivity index (χ1n) is 8.80. The number of fused-ring (bicyclic) bond motifs is 5. The Balaban J connectivity index is 1.64. The number of ketones is 1. The Morgan fingerprint density at radius 2 is 2.14 bits per heavy atom. The first-order chi connectivity index (χ1) is 10.2. The fourth-order valence-electron chi connectivity index (χ4n) is 6.07. The summed E-state index contributed by atoms with van der Waals surface area (Å²) in [4.78, 5) is 11.7. The van der Waals surface area contributed by atoms with Gasteiger partial charge in [0.25, 0.3) is 0 Å². The van der Waals surface area contributed by atoms with Crippen LogP contribution in [0.25, 0.3) is 0 Å². The van der Waals surface area contributed by atoms with Crippen LogP contribution in [0.4, 0.5) is 0 Å². The summed E-state index contributed by atoms with van der Waals surface area (Å²) in [5.74, 6) is 2.29. The lowest BCUT2D eigenvalue weighted by atomic mass is 9.57. The SMILES string of the molecule is CCC12CNC3C4CCC(=O)C=C4CCC3C1CCC2O. The molecular formula is C18H27NO2. The van der Waals surface area contributed by atoms with Crippen molar-refractivity contribution in [2.24, 2.45) is 23.2 Å². The van der Waals surface area contributed by atoms with Crippen LogP contribution in [-0.4, -0.2) is 29.6 Å². The third kappa shape index (κ3) is 1.90. The molecule has 1 aliphatic heterocycles. The molecule has 4 aliphatic rings. The van der Waals surface area contributed by atoms with Crippen molar-refractivity contribution in [1.29, 1.82) is 0 Å². The highest BCUT2D eigenvalue weighted by atomic mass is 16.3. The van der Waals surface area contributed by atoms with E-state index in [1.54, 1.807) is 0 Å². The Labute approximate surface area is 127 Å². The molecule has 2 N–H and O–H groups in total. The van der Waals surface area contributed by atoms with Gasteiger partial charge >= 0.3 is 0 Å². The zero-order chi connectivity index (χ0) is 14.6. The normalized spacial score (nSPS) is 49.1. The molecule has 4 rings (SSSR count). The van der Waals surface area contributed by atoms with Crippen molar-refractivity contribution in [3.8, 4) is 0 Å². The average molecular weight is 289 g/mol. The van der Waals surface area contributed by atoms with Crippen molar-refractivity contribution < 1.29 is 9.90 Å². The van der Waals surface area contributed by atoms with Crippen LogP contribution in [0.1, 0.15) is 51.9 Å². The van der Waals surface area contributed by atoms with Gasteiger partial charge < -0.3 is 10.4 Å². The summed E-state index contributed by atoms with van der Waals surface area (Å²) >= 11 is 0. The highest BCUT2D eigenvalue weighted by Gasteiger charge is 2.57. The molecule has 0 radical (unpaired) electrons. The van der Waals surface area contributed by atoms with Crippen LogP contribution in [0.2, 0.25) is 0 Å². The predicted molar refractivity (Wildman–Crippen MR) is 81.8 cm³/mol. The number of aliphatic hydroxyl groups excluding tert-OH is 1. The summed E-state index contributed by atoms with van der Waals surface area (Å²) in [7, 11) is 0. The van der Waals surface area contributed by atoms with E-state index in [1.807, 2.05) is 6.08 Å².